The zero-order chi connectivity index (χ0) is 17.7. The van der Waals surface area contributed by atoms with Crippen molar-refractivity contribution in [2.24, 2.45) is 5.73 Å². The maximum absolute atomic E-state index is 13.3. The van der Waals surface area contributed by atoms with E-state index < -0.39 is 16.8 Å². The first-order chi connectivity index (χ1) is 11.5. The van der Waals surface area contributed by atoms with Crippen LogP contribution in [0.15, 0.2) is 36.4 Å². The van der Waals surface area contributed by atoms with E-state index >= 15 is 0 Å². The second-order valence-electron chi connectivity index (χ2n) is 5.02. The molecule has 0 saturated carbocycles. The smallest absolute Gasteiger partial charge is 0.311 e. The Labute approximate surface area is 137 Å². The molecule has 24 heavy (non-hydrogen) atoms. The van der Waals surface area contributed by atoms with E-state index in [0.29, 0.717) is 16.9 Å². The first-order valence-corrected chi connectivity index (χ1v) is 7.06. The van der Waals surface area contributed by atoms with E-state index in [2.05, 4.69) is 0 Å². The lowest BCUT2D eigenvalue weighted by Gasteiger charge is -2.14. The number of nitrogens with zero attached hydrogens (tertiary/aromatic N) is 1. The number of nitro groups is 1. The Morgan fingerprint density at radius 1 is 1.29 bits per heavy atom. The zero-order valence-corrected chi connectivity index (χ0v) is 12.9. The fraction of sp³-hybridized carbons (Fsp3) is 0.250. The Morgan fingerprint density at radius 3 is 2.67 bits per heavy atom. The average Bonchev–Trinajstić information content (AvgIpc) is 2.58. The number of rotatable bonds is 7. The number of halogens is 1. The molecule has 0 fully saturated rings. The summed E-state index contributed by atoms with van der Waals surface area (Å²) in [6.07, 6.45) is 0. The van der Waals surface area contributed by atoms with Gasteiger partial charge in [-0.3, -0.25) is 10.1 Å². The van der Waals surface area contributed by atoms with Crippen LogP contribution < -0.4 is 15.2 Å². The molecule has 2 aromatic carbocycles. The number of benzene rings is 2. The Kier molecular flexibility index (Phi) is 5.67. The highest BCUT2D eigenvalue weighted by Crippen LogP contribution is 2.30. The van der Waals surface area contributed by atoms with Gasteiger partial charge in [-0.2, -0.15) is 0 Å². The van der Waals surface area contributed by atoms with E-state index in [0.717, 1.165) is 18.2 Å². The molecule has 0 aliphatic heterocycles. The van der Waals surface area contributed by atoms with Crippen molar-refractivity contribution in [1.29, 1.82) is 0 Å². The summed E-state index contributed by atoms with van der Waals surface area (Å²) >= 11 is 0. The highest BCUT2D eigenvalue weighted by molar-refractivity contribution is 5.47. The topological polar surface area (TPSA) is 108 Å². The van der Waals surface area contributed by atoms with Gasteiger partial charge in [0.25, 0.3) is 0 Å². The van der Waals surface area contributed by atoms with E-state index in [9.17, 15) is 14.5 Å². The van der Waals surface area contributed by atoms with Crippen molar-refractivity contribution < 1.29 is 23.9 Å². The molecule has 7 nitrogen and oxygen atoms in total. The second-order valence-corrected chi connectivity index (χ2v) is 5.02. The normalized spacial score (nSPS) is 11.8. The molecule has 0 heterocycles. The molecule has 2 aromatic rings. The van der Waals surface area contributed by atoms with Crippen LogP contribution in [0.1, 0.15) is 17.2 Å². The number of nitro benzene ring substituents is 1. The first kappa shape index (κ1) is 17.6. The zero-order valence-electron chi connectivity index (χ0n) is 12.9. The molecule has 2 rings (SSSR count). The van der Waals surface area contributed by atoms with E-state index in [-0.39, 0.29) is 24.7 Å². The number of hydrogen-bond acceptors (Lipinski definition) is 6. The van der Waals surface area contributed by atoms with Gasteiger partial charge in [0.2, 0.25) is 0 Å². The van der Waals surface area contributed by atoms with Crippen LogP contribution in [0.5, 0.6) is 11.5 Å². The van der Waals surface area contributed by atoms with E-state index in [1.165, 1.54) is 7.11 Å². The molecule has 128 valence electrons. The molecule has 0 amide bonds. The highest BCUT2D eigenvalue weighted by atomic mass is 19.1. The summed E-state index contributed by atoms with van der Waals surface area (Å²) in [4.78, 5) is 10.3. The number of aliphatic hydroxyl groups excluding tert-OH is 1. The van der Waals surface area contributed by atoms with Crippen molar-refractivity contribution in [2.75, 3.05) is 13.7 Å². The maximum atomic E-state index is 13.3. The molecule has 3 N–H and O–H groups in total. The van der Waals surface area contributed by atoms with Gasteiger partial charge in [0.1, 0.15) is 18.2 Å². The summed E-state index contributed by atoms with van der Waals surface area (Å²) in [6, 6.07) is 7.45. The second kappa shape index (κ2) is 7.71. The number of nitrogens with two attached hydrogens (primary N) is 1. The van der Waals surface area contributed by atoms with Gasteiger partial charge in [-0.05, 0) is 23.8 Å². The molecule has 0 bridgehead atoms. The van der Waals surface area contributed by atoms with Crippen molar-refractivity contribution in [1.82, 2.24) is 0 Å². The van der Waals surface area contributed by atoms with Crippen LogP contribution in [0, 0.1) is 15.9 Å². The Morgan fingerprint density at radius 2 is 2.04 bits per heavy atom. The molecule has 0 saturated heterocycles. The summed E-state index contributed by atoms with van der Waals surface area (Å²) in [5.74, 6) is -0.333. The number of aliphatic hydroxyl groups is 1. The summed E-state index contributed by atoms with van der Waals surface area (Å²) in [7, 11) is 1.47. The standard InChI is InChI=1S/C16H17FN2O5/c1-23-15-5-2-10(13(18)8-20)6-11(15)9-24-16-7-12(17)3-4-14(16)19(21)22/h2-7,13,20H,8-9,18H2,1H3/t13-/m1/s1. The van der Waals surface area contributed by atoms with Gasteiger partial charge >= 0.3 is 5.69 Å². The van der Waals surface area contributed by atoms with Crippen LogP contribution >= 0.6 is 0 Å². The summed E-state index contributed by atoms with van der Waals surface area (Å²) < 4.78 is 23.9. The number of hydrogen-bond donors (Lipinski definition) is 2. The Hall–Kier alpha value is -2.71. The van der Waals surface area contributed by atoms with Crippen LogP contribution in [0.2, 0.25) is 0 Å². The average molecular weight is 336 g/mol. The van der Waals surface area contributed by atoms with Crippen LogP contribution in [-0.2, 0) is 6.61 Å². The third-order valence-electron chi connectivity index (χ3n) is 3.43. The van der Waals surface area contributed by atoms with Gasteiger partial charge < -0.3 is 20.3 Å². The Bertz CT molecular complexity index is 738. The minimum Gasteiger partial charge on any atom is -0.496 e. The first-order valence-electron chi connectivity index (χ1n) is 7.06. The minimum atomic E-state index is -0.649. The van der Waals surface area contributed by atoms with Gasteiger partial charge in [-0.15, -0.1) is 0 Å². The summed E-state index contributed by atoms with van der Waals surface area (Å²) in [5.41, 5.74) is 6.67. The molecule has 1 atom stereocenters. The molecule has 0 aliphatic carbocycles. The third kappa shape index (κ3) is 3.98. The molecule has 0 aliphatic rings. The predicted octanol–water partition coefficient (Wildman–Crippen LogP) is 2.31. The fourth-order valence-electron chi connectivity index (χ4n) is 2.16. The van der Waals surface area contributed by atoms with E-state index in [1.54, 1.807) is 18.2 Å². The van der Waals surface area contributed by atoms with Crippen molar-refractivity contribution in [3.05, 3.63) is 63.5 Å². The van der Waals surface area contributed by atoms with Crippen molar-refractivity contribution in [3.63, 3.8) is 0 Å². The lowest BCUT2D eigenvalue weighted by molar-refractivity contribution is -0.386. The van der Waals surface area contributed by atoms with Crippen molar-refractivity contribution in [3.8, 4) is 11.5 Å². The molecule has 8 heteroatoms. The predicted molar refractivity (Wildman–Crippen MR) is 84.4 cm³/mol. The maximum Gasteiger partial charge on any atom is 0.311 e. The van der Waals surface area contributed by atoms with Gasteiger partial charge in [0.05, 0.1) is 24.7 Å². The number of methoxy groups -OCH3 is 1. The molecule has 0 spiro atoms. The monoisotopic (exact) mass is 336 g/mol. The van der Waals surface area contributed by atoms with Crippen LogP contribution in [0.4, 0.5) is 10.1 Å². The summed E-state index contributed by atoms with van der Waals surface area (Å²) in [6.45, 7) is -0.318. The van der Waals surface area contributed by atoms with Crippen LogP contribution in [0.25, 0.3) is 0 Å². The lowest BCUT2D eigenvalue weighted by Crippen LogP contribution is -2.15. The van der Waals surface area contributed by atoms with Crippen molar-refractivity contribution >= 4 is 5.69 Å². The quantitative estimate of drug-likeness (QED) is 0.593. The number of ether oxygens (including phenoxy) is 2. The third-order valence-corrected chi connectivity index (χ3v) is 3.43. The SMILES string of the molecule is COc1ccc([C@H](N)CO)cc1COc1cc(F)ccc1[N+](=O)[O-]. The summed E-state index contributed by atoms with van der Waals surface area (Å²) in [5, 5.41) is 20.1. The van der Waals surface area contributed by atoms with Crippen LogP contribution in [0.3, 0.4) is 0 Å². The van der Waals surface area contributed by atoms with Gasteiger partial charge in [-0.25, -0.2) is 4.39 Å². The highest BCUT2D eigenvalue weighted by Gasteiger charge is 2.17. The largest absolute Gasteiger partial charge is 0.496 e. The minimum absolute atomic E-state index is 0.0839. The molecule has 0 unspecified atom stereocenters. The van der Waals surface area contributed by atoms with E-state index in [4.69, 9.17) is 20.3 Å². The van der Waals surface area contributed by atoms with Gasteiger partial charge in [0, 0.05) is 17.7 Å². The lowest BCUT2D eigenvalue weighted by atomic mass is 10.0. The van der Waals surface area contributed by atoms with Gasteiger partial charge in [0.15, 0.2) is 5.75 Å². The van der Waals surface area contributed by atoms with Crippen molar-refractivity contribution in [2.45, 2.75) is 12.6 Å². The molecule has 0 aromatic heterocycles. The molecular weight excluding hydrogens is 319 g/mol. The molecule has 0 radical (unpaired) electrons. The van der Waals surface area contributed by atoms with Gasteiger partial charge in [-0.1, -0.05) is 6.07 Å². The van der Waals surface area contributed by atoms with E-state index in [1.807, 2.05) is 0 Å². The molecular formula is C16H17FN2O5. The fourth-order valence-corrected chi connectivity index (χ4v) is 2.16. The van der Waals surface area contributed by atoms with Crippen LogP contribution in [-0.4, -0.2) is 23.7 Å². The Balaban J connectivity index is 2.28.